The molecule has 7 nitrogen and oxygen atoms in total. The highest BCUT2D eigenvalue weighted by Gasteiger charge is 2.12. The Morgan fingerprint density at radius 1 is 1.60 bits per heavy atom. The van der Waals surface area contributed by atoms with Crippen molar-refractivity contribution >= 4 is 7.60 Å². The molecule has 0 aromatic heterocycles. The molecule has 0 rings (SSSR count). The van der Waals surface area contributed by atoms with Crippen LogP contribution in [0.3, 0.4) is 0 Å². The molecule has 2 N–H and O–H groups in total. The number of hydrogen-bond donors (Lipinski definition) is 2. The van der Waals surface area contributed by atoms with Crippen molar-refractivity contribution in [3.63, 3.8) is 0 Å². The summed E-state index contributed by atoms with van der Waals surface area (Å²) in [5, 5.41) is 8.31. The Morgan fingerprint density at radius 3 is 2.40 bits per heavy atom. The summed E-state index contributed by atoms with van der Waals surface area (Å²) in [7, 11) is -4.15. The fourth-order valence-corrected chi connectivity index (χ4v) is 0.554. The Morgan fingerprint density at radius 2 is 2.10 bits per heavy atom. The van der Waals surface area contributed by atoms with E-state index in [1.807, 2.05) is 0 Å². The highest BCUT2D eigenvalue weighted by atomic mass is 31.2. The Labute approximate surface area is 55.9 Å². The summed E-state index contributed by atoms with van der Waals surface area (Å²) in [5.74, 6) is 0. The predicted octanol–water partition coefficient (Wildman–Crippen LogP) is -0.628. The van der Waals surface area contributed by atoms with Crippen LogP contribution in [0.5, 0.6) is 0 Å². The van der Waals surface area contributed by atoms with Crippen LogP contribution < -0.4 is 0 Å². The van der Waals surface area contributed by atoms with Gasteiger partial charge >= 0.3 is 7.60 Å². The molecule has 0 fully saturated rings. The van der Waals surface area contributed by atoms with E-state index < -0.39 is 25.5 Å². The summed E-state index contributed by atoms with van der Waals surface area (Å²) in [4.78, 5) is 29.3. The molecule has 0 amide bonds. The van der Waals surface area contributed by atoms with E-state index in [0.29, 0.717) is 0 Å². The van der Waals surface area contributed by atoms with Crippen LogP contribution in [0.2, 0.25) is 0 Å². The van der Waals surface area contributed by atoms with Crippen LogP contribution in [0.25, 0.3) is 0 Å². The molecule has 0 saturated heterocycles. The lowest BCUT2D eigenvalue weighted by Gasteiger charge is -2.00. The first kappa shape index (κ1) is 9.35. The zero-order valence-corrected chi connectivity index (χ0v) is 5.73. The van der Waals surface area contributed by atoms with Gasteiger partial charge in [-0.2, -0.15) is 0 Å². The number of hydrogen-bond acceptors (Lipinski definition) is 4. The molecular weight excluding hydrogens is 165 g/mol. The first-order valence-electron chi connectivity index (χ1n) is 2.24. The summed E-state index contributed by atoms with van der Waals surface area (Å²) in [5.41, 5.74) is 0. The Balaban J connectivity index is 3.39. The van der Waals surface area contributed by atoms with Gasteiger partial charge in [0.25, 0.3) is 5.09 Å². The maximum Gasteiger partial charge on any atom is 0.327 e. The van der Waals surface area contributed by atoms with Gasteiger partial charge in [0.15, 0.2) is 0 Å². The molecule has 0 aliphatic heterocycles. The van der Waals surface area contributed by atoms with Gasteiger partial charge in [-0.05, 0) is 0 Å². The normalized spacial score (nSPS) is 11.0. The zero-order valence-electron chi connectivity index (χ0n) is 4.84. The van der Waals surface area contributed by atoms with Crippen molar-refractivity contribution in [2.45, 2.75) is 0 Å². The largest absolute Gasteiger partial charge is 0.327 e. The SMILES string of the molecule is O=[N+]([O-])OCCP(=O)(O)O. The zero-order chi connectivity index (χ0) is 8.20. The van der Waals surface area contributed by atoms with E-state index in [1.165, 1.54) is 0 Å². The molecule has 0 aliphatic rings. The quantitative estimate of drug-likeness (QED) is 0.331. The Hall–Kier alpha value is -0.650. The third-order valence-corrected chi connectivity index (χ3v) is 1.34. The molecule has 8 heteroatoms. The second kappa shape index (κ2) is 3.50. The van der Waals surface area contributed by atoms with Crippen molar-refractivity contribution in [1.29, 1.82) is 0 Å². The minimum absolute atomic E-state index is 0.572. The van der Waals surface area contributed by atoms with E-state index in [9.17, 15) is 14.7 Å². The maximum absolute atomic E-state index is 10.0. The predicted molar refractivity (Wildman–Crippen MR) is 29.9 cm³/mol. The van der Waals surface area contributed by atoms with Gasteiger partial charge in [-0.1, -0.05) is 0 Å². The molecule has 0 aromatic rings. The van der Waals surface area contributed by atoms with E-state index in [2.05, 4.69) is 4.84 Å². The fourth-order valence-electron chi connectivity index (χ4n) is 0.234. The minimum atomic E-state index is -4.15. The first-order chi connectivity index (χ1) is 4.42. The molecular formula is C2H6NO6P. The van der Waals surface area contributed by atoms with Gasteiger partial charge in [0.05, 0.1) is 6.16 Å². The fraction of sp³-hybridized carbons (Fsp3) is 1.00. The van der Waals surface area contributed by atoms with Gasteiger partial charge in [0, 0.05) is 0 Å². The molecule has 0 bridgehead atoms. The van der Waals surface area contributed by atoms with Gasteiger partial charge < -0.3 is 14.6 Å². The summed E-state index contributed by atoms with van der Waals surface area (Å²) in [6, 6.07) is 0. The monoisotopic (exact) mass is 171 g/mol. The molecule has 0 spiro atoms. The molecule has 0 unspecified atom stereocenters. The van der Waals surface area contributed by atoms with E-state index in [0.717, 1.165) is 0 Å². The van der Waals surface area contributed by atoms with E-state index in [-0.39, 0.29) is 0 Å². The van der Waals surface area contributed by atoms with Crippen molar-refractivity contribution in [3.05, 3.63) is 10.1 Å². The van der Waals surface area contributed by atoms with Crippen molar-refractivity contribution < 1.29 is 24.3 Å². The molecule has 10 heavy (non-hydrogen) atoms. The van der Waals surface area contributed by atoms with Crippen LogP contribution in [0.4, 0.5) is 0 Å². The van der Waals surface area contributed by atoms with Crippen LogP contribution >= 0.6 is 7.60 Å². The smallest absolute Gasteiger partial charge is 0.324 e. The minimum Gasteiger partial charge on any atom is -0.324 e. The number of rotatable bonds is 4. The molecule has 0 aliphatic carbocycles. The van der Waals surface area contributed by atoms with Crippen LogP contribution in [0.15, 0.2) is 0 Å². The highest BCUT2D eigenvalue weighted by molar-refractivity contribution is 7.51. The van der Waals surface area contributed by atoms with Crippen molar-refractivity contribution in [3.8, 4) is 0 Å². The van der Waals surface area contributed by atoms with E-state index in [1.54, 1.807) is 0 Å². The van der Waals surface area contributed by atoms with Gasteiger partial charge in [-0.15, -0.1) is 10.1 Å². The van der Waals surface area contributed by atoms with Gasteiger partial charge in [0.2, 0.25) is 0 Å². The topological polar surface area (TPSA) is 110 Å². The number of nitrogens with zero attached hydrogens (tertiary/aromatic N) is 1. The Bertz CT molecular complexity index is 161. The van der Waals surface area contributed by atoms with Crippen LogP contribution in [0.1, 0.15) is 0 Å². The van der Waals surface area contributed by atoms with Crippen LogP contribution in [-0.4, -0.2) is 27.6 Å². The lowest BCUT2D eigenvalue weighted by Crippen LogP contribution is -2.05. The molecule has 0 radical (unpaired) electrons. The average molecular weight is 171 g/mol. The Kier molecular flexibility index (Phi) is 3.27. The van der Waals surface area contributed by atoms with Crippen molar-refractivity contribution in [2.75, 3.05) is 12.8 Å². The molecule has 0 aromatic carbocycles. The summed E-state index contributed by atoms with van der Waals surface area (Å²) >= 11 is 0. The third kappa shape index (κ3) is 7.35. The third-order valence-electron chi connectivity index (χ3n) is 0.579. The van der Waals surface area contributed by atoms with E-state index >= 15 is 0 Å². The van der Waals surface area contributed by atoms with Crippen molar-refractivity contribution in [1.82, 2.24) is 0 Å². The second-order valence-corrected chi connectivity index (χ2v) is 3.22. The molecule has 0 saturated carbocycles. The van der Waals surface area contributed by atoms with Crippen LogP contribution in [-0.2, 0) is 9.40 Å². The van der Waals surface area contributed by atoms with Crippen molar-refractivity contribution in [2.24, 2.45) is 0 Å². The van der Waals surface area contributed by atoms with Gasteiger partial charge in [-0.3, -0.25) is 4.57 Å². The highest BCUT2D eigenvalue weighted by Crippen LogP contribution is 2.33. The van der Waals surface area contributed by atoms with E-state index in [4.69, 9.17) is 9.79 Å². The molecule has 0 atom stereocenters. The lowest BCUT2D eigenvalue weighted by molar-refractivity contribution is -0.756. The first-order valence-corrected chi connectivity index (χ1v) is 4.03. The van der Waals surface area contributed by atoms with Crippen LogP contribution in [0, 0.1) is 10.1 Å². The maximum atomic E-state index is 10.0. The summed E-state index contributed by atoms with van der Waals surface area (Å²) < 4.78 is 10.0. The summed E-state index contributed by atoms with van der Waals surface area (Å²) in [6.07, 6.45) is -0.631. The van der Waals surface area contributed by atoms with Gasteiger partial charge in [0.1, 0.15) is 6.61 Å². The standard InChI is InChI=1S/C2H6NO6P/c4-3(5)9-1-2-10(6,7)8/h1-2H2,(H2,6,7,8). The van der Waals surface area contributed by atoms with Gasteiger partial charge in [-0.25, -0.2) is 0 Å². The average Bonchev–Trinajstić information content (AvgIpc) is 1.59. The summed E-state index contributed by atoms with van der Waals surface area (Å²) in [6.45, 7) is -0.572. The molecule has 60 valence electrons. The second-order valence-electron chi connectivity index (χ2n) is 1.45. The molecule has 0 heterocycles. The lowest BCUT2D eigenvalue weighted by atomic mass is 10.9.